The molecule has 0 N–H and O–H groups in total. The van der Waals surface area contributed by atoms with Crippen molar-refractivity contribution in [2.45, 2.75) is 13.3 Å². The van der Waals surface area contributed by atoms with Crippen LogP contribution in [0.1, 0.15) is 17.3 Å². The molecule has 1 rings (SSSR count). The van der Waals surface area contributed by atoms with E-state index in [9.17, 15) is 18.0 Å². The second kappa shape index (κ2) is 4.51. The van der Waals surface area contributed by atoms with Crippen LogP contribution in [0.5, 0.6) is 5.75 Å². The molecule has 0 bridgehead atoms. The zero-order valence-corrected chi connectivity index (χ0v) is 9.37. The van der Waals surface area contributed by atoms with Gasteiger partial charge in [-0.25, -0.2) is 0 Å². The van der Waals surface area contributed by atoms with Crippen LogP contribution < -0.4 is 4.74 Å². The van der Waals surface area contributed by atoms with Gasteiger partial charge in [-0.05, 0) is 13.0 Å². The maximum atomic E-state index is 12.0. The predicted molar refractivity (Wildman–Crippen MR) is 53.1 cm³/mol. The first-order valence-corrected chi connectivity index (χ1v) is 4.72. The van der Waals surface area contributed by atoms with E-state index in [4.69, 9.17) is 23.2 Å². The second-order valence-corrected chi connectivity index (χ2v) is 3.68. The zero-order chi connectivity index (χ0) is 12.5. The first kappa shape index (κ1) is 13.1. The maximum absolute atomic E-state index is 12.0. The van der Waals surface area contributed by atoms with Gasteiger partial charge in [-0.15, -0.1) is 13.2 Å². The molecule has 0 aliphatic rings. The number of ketones is 1. The topological polar surface area (TPSA) is 26.3 Å². The highest BCUT2D eigenvalue weighted by Crippen LogP contribution is 2.33. The molecule has 0 unspecified atom stereocenters. The van der Waals surface area contributed by atoms with Gasteiger partial charge in [-0.3, -0.25) is 4.79 Å². The van der Waals surface area contributed by atoms with Gasteiger partial charge in [0.05, 0.1) is 15.6 Å². The number of alkyl halides is 3. The van der Waals surface area contributed by atoms with Crippen molar-refractivity contribution in [1.29, 1.82) is 0 Å². The van der Waals surface area contributed by atoms with Crippen molar-refractivity contribution in [3.05, 3.63) is 27.7 Å². The Hall–Kier alpha value is -0.940. The summed E-state index contributed by atoms with van der Waals surface area (Å²) in [5.74, 6) is -1.26. The average molecular weight is 273 g/mol. The number of Topliss-reactive ketones (excluding diaryl/α,β-unsaturated/α-hetero) is 1. The smallest absolute Gasteiger partial charge is 0.405 e. The molecule has 0 fully saturated rings. The Morgan fingerprint density at radius 2 is 1.75 bits per heavy atom. The molecule has 0 aliphatic carbocycles. The summed E-state index contributed by atoms with van der Waals surface area (Å²) >= 11 is 11.1. The van der Waals surface area contributed by atoms with Gasteiger partial charge < -0.3 is 4.74 Å². The lowest BCUT2D eigenvalue weighted by atomic mass is 10.1. The van der Waals surface area contributed by atoms with Gasteiger partial charge in [0.15, 0.2) is 5.78 Å². The predicted octanol–water partition coefficient (Wildman–Crippen LogP) is 4.09. The van der Waals surface area contributed by atoms with E-state index in [1.165, 1.54) is 0 Å². The molecule has 2 nitrogen and oxygen atoms in total. The number of hydrogen-bond acceptors (Lipinski definition) is 2. The molecule has 0 heterocycles. The first-order chi connectivity index (χ1) is 7.20. The third kappa shape index (κ3) is 3.28. The summed E-state index contributed by atoms with van der Waals surface area (Å²) in [5.41, 5.74) is -0.272. The molecule has 0 aliphatic heterocycles. The number of carbonyl (C=O) groups excluding carboxylic acids is 1. The fourth-order valence-electron chi connectivity index (χ4n) is 1.01. The van der Waals surface area contributed by atoms with E-state index in [0.29, 0.717) is 0 Å². The molecule has 0 saturated heterocycles. The second-order valence-electron chi connectivity index (χ2n) is 2.87. The van der Waals surface area contributed by atoms with Crippen molar-refractivity contribution in [1.82, 2.24) is 0 Å². The van der Waals surface area contributed by atoms with Crippen molar-refractivity contribution >= 4 is 29.0 Å². The fourth-order valence-corrected chi connectivity index (χ4v) is 1.33. The van der Waals surface area contributed by atoms with Crippen LogP contribution in [0.3, 0.4) is 0 Å². The number of carbonyl (C=O) groups is 1. The van der Waals surface area contributed by atoms with Gasteiger partial charge in [0.1, 0.15) is 5.75 Å². The molecular weight excluding hydrogens is 268 g/mol. The summed E-state index contributed by atoms with van der Waals surface area (Å²) in [6, 6.07) is 1.89. The largest absolute Gasteiger partial charge is 0.573 e. The molecule has 0 spiro atoms. The Kier molecular flexibility index (Phi) is 3.70. The average Bonchev–Trinajstić information content (AvgIpc) is 2.07. The van der Waals surface area contributed by atoms with Crippen molar-refractivity contribution in [3.8, 4) is 5.75 Å². The minimum atomic E-state index is -4.89. The van der Waals surface area contributed by atoms with Crippen LogP contribution >= 0.6 is 23.2 Å². The van der Waals surface area contributed by atoms with E-state index in [0.717, 1.165) is 19.1 Å². The Bertz CT molecular complexity index is 429. The summed E-state index contributed by atoms with van der Waals surface area (Å²) in [4.78, 5) is 11.1. The van der Waals surface area contributed by atoms with Gasteiger partial charge in [0.2, 0.25) is 0 Å². The van der Waals surface area contributed by atoms with Crippen LogP contribution in [0.25, 0.3) is 0 Å². The van der Waals surface area contributed by atoms with Crippen molar-refractivity contribution in [3.63, 3.8) is 0 Å². The molecule has 7 heteroatoms. The van der Waals surface area contributed by atoms with Crippen LogP contribution in [-0.2, 0) is 0 Å². The third-order valence-corrected chi connectivity index (χ3v) is 2.35. The number of benzene rings is 1. The minimum absolute atomic E-state index is 0.0126. The lowest BCUT2D eigenvalue weighted by molar-refractivity contribution is -0.274. The molecule has 1 aromatic rings. The van der Waals surface area contributed by atoms with Gasteiger partial charge in [-0.2, -0.15) is 0 Å². The van der Waals surface area contributed by atoms with E-state index in [1.807, 2.05) is 0 Å². The molecular formula is C9H5Cl2F3O2. The van der Waals surface area contributed by atoms with Crippen LogP contribution in [0.15, 0.2) is 12.1 Å². The summed E-state index contributed by atoms with van der Waals surface area (Å²) in [6.07, 6.45) is -4.89. The molecule has 0 amide bonds. The number of halogens is 5. The van der Waals surface area contributed by atoms with Gasteiger partial charge in [0.25, 0.3) is 0 Å². The monoisotopic (exact) mass is 272 g/mol. The van der Waals surface area contributed by atoms with Crippen molar-refractivity contribution in [2.75, 3.05) is 0 Å². The van der Waals surface area contributed by atoms with E-state index in [1.54, 1.807) is 0 Å². The highest BCUT2D eigenvalue weighted by Gasteiger charge is 2.33. The summed E-state index contributed by atoms with van der Waals surface area (Å²) < 4.78 is 39.7. The van der Waals surface area contributed by atoms with Crippen LogP contribution in [-0.4, -0.2) is 12.1 Å². The lowest BCUT2D eigenvalue weighted by Gasteiger charge is -2.12. The third-order valence-electron chi connectivity index (χ3n) is 1.63. The SMILES string of the molecule is CC(=O)c1cc(Cl)c(Cl)cc1OC(F)(F)F. The first-order valence-electron chi connectivity index (χ1n) is 3.96. The molecule has 0 atom stereocenters. The zero-order valence-electron chi connectivity index (χ0n) is 7.86. The van der Waals surface area contributed by atoms with Crippen LogP contribution in [0, 0.1) is 0 Å². The fraction of sp³-hybridized carbons (Fsp3) is 0.222. The van der Waals surface area contributed by atoms with E-state index in [2.05, 4.69) is 4.74 Å². The lowest BCUT2D eigenvalue weighted by Crippen LogP contribution is -2.18. The number of ether oxygens (including phenoxy) is 1. The molecule has 0 aromatic heterocycles. The standard InChI is InChI=1S/C9H5Cl2F3O2/c1-4(15)5-2-6(10)7(11)3-8(5)16-9(12,13)14/h2-3H,1H3. The van der Waals surface area contributed by atoms with Crippen molar-refractivity contribution < 1.29 is 22.7 Å². The maximum Gasteiger partial charge on any atom is 0.573 e. The van der Waals surface area contributed by atoms with E-state index in [-0.39, 0.29) is 15.6 Å². The summed E-state index contributed by atoms with van der Waals surface area (Å²) in [7, 11) is 0. The summed E-state index contributed by atoms with van der Waals surface area (Å²) in [6.45, 7) is 1.10. The molecule has 1 aromatic carbocycles. The van der Waals surface area contributed by atoms with Crippen LogP contribution in [0.4, 0.5) is 13.2 Å². The van der Waals surface area contributed by atoms with Crippen LogP contribution in [0.2, 0.25) is 10.0 Å². The quantitative estimate of drug-likeness (QED) is 0.758. The number of rotatable bonds is 2. The highest BCUT2D eigenvalue weighted by atomic mass is 35.5. The Morgan fingerprint density at radius 1 is 1.25 bits per heavy atom. The minimum Gasteiger partial charge on any atom is -0.405 e. The Balaban J connectivity index is 3.25. The molecule has 0 radical (unpaired) electrons. The molecule has 0 saturated carbocycles. The Morgan fingerprint density at radius 3 is 2.19 bits per heavy atom. The Labute approximate surface area is 98.9 Å². The molecule has 16 heavy (non-hydrogen) atoms. The van der Waals surface area contributed by atoms with E-state index >= 15 is 0 Å². The van der Waals surface area contributed by atoms with E-state index < -0.39 is 17.9 Å². The van der Waals surface area contributed by atoms with Gasteiger partial charge >= 0.3 is 6.36 Å². The highest BCUT2D eigenvalue weighted by molar-refractivity contribution is 6.42. The normalized spacial score (nSPS) is 11.4. The number of hydrogen-bond donors (Lipinski definition) is 0. The van der Waals surface area contributed by atoms with Crippen molar-refractivity contribution in [2.24, 2.45) is 0 Å². The van der Waals surface area contributed by atoms with Gasteiger partial charge in [0, 0.05) is 6.07 Å². The molecule has 88 valence electrons. The van der Waals surface area contributed by atoms with Gasteiger partial charge in [-0.1, -0.05) is 23.2 Å². The summed E-state index contributed by atoms with van der Waals surface area (Å²) in [5, 5.41) is -0.132.